The van der Waals surface area contributed by atoms with E-state index in [2.05, 4.69) is 37.6 Å². The van der Waals surface area contributed by atoms with Crippen molar-refractivity contribution in [2.75, 3.05) is 20.2 Å². The first-order chi connectivity index (χ1) is 14.4. The summed E-state index contributed by atoms with van der Waals surface area (Å²) < 4.78 is 9.93. The van der Waals surface area contributed by atoms with E-state index in [9.17, 15) is 0 Å². The van der Waals surface area contributed by atoms with Gasteiger partial charge in [-0.15, -0.1) is 5.10 Å². The predicted octanol–water partition coefficient (Wildman–Crippen LogP) is 5.05. The lowest BCUT2D eigenvalue weighted by molar-refractivity contribution is 0.165. The lowest BCUT2D eigenvalue weighted by atomic mass is 10.1. The minimum Gasteiger partial charge on any atom is -0.497 e. The second-order valence-electron chi connectivity index (χ2n) is 8.34. The molecule has 7 heteroatoms. The molecule has 3 aromatic rings. The third-order valence-corrected chi connectivity index (χ3v) is 5.08. The van der Waals surface area contributed by atoms with Crippen molar-refractivity contribution in [3.8, 4) is 22.8 Å². The van der Waals surface area contributed by atoms with E-state index >= 15 is 0 Å². The van der Waals surface area contributed by atoms with Crippen LogP contribution in [0.4, 0.5) is 0 Å². The van der Waals surface area contributed by atoms with Gasteiger partial charge in [0.2, 0.25) is 4.77 Å². The Morgan fingerprint density at radius 3 is 2.10 bits per heavy atom. The van der Waals surface area contributed by atoms with Crippen LogP contribution in [0.5, 0.6) is 5.75 Å². The number of rotatable bonds is 9. The number of hydrogen-bond acceptors (Lipinski definition) is 5. The van der Waals surface area contributed by atoms with Gasteiger partial charge >= 0.3 is 0 Å². The summed E-state index contributed by atoms with van der Waals surface area (Å²) in [6, 6.07) is 11.8. The summed E-state index contributed by atoms with van der Waals surface area (Å²) in [5, 5.41) is 4.93. The number of nitrogens with zero attached hydrogens (tertiary/aromatic N) is 5. The Morgan fingerprint density at radius 2 is 1.57 bits per heavy atom. The van der Waals surface area contributed by atoms with Gasteiger partial charge in [0.1, 0.15) is 5.75 Å². The predicted molar refractivity (Wildman–Crippen MR) is 123 cm³/mol. The fourth-order valence-corrected chi connectivity index (χ4v) is 3.85. The van der Waals surface area contributed by atoms with Crippen molar-refractivity contribution in [1.82, 2.24) is 24.2 Å². The minimum atomic E-state index is 0.571. The van der Waals surface area contributed by atoms with E-state index in [0.29, 0.717) is 23.3 Å². The Kier molecular flexibility index (Phi) is 7.39. The maximum Gasteiger partial charge on any atom is 0.204 e. The van der Waals surface area contributed by atoms with Crippen LogP contribution in [0, 0.1) is 16.6 Å². The zero-order valence-electron chi connectivity index (χ0n) is 18.4. The molecule has 0 radical (unpaired) electrons. The largest absolute Gasteiger partial charge is 0.497 e. The van der Waals surface area contributed by atoms with Crippen LogP contribution in [0.15, 0.2) is 48.8 Å². The van der Waals surface area contributed by atoms with Gasteiger partial charge in [-0.3, -0.25) is 14.5 Å². The molecular weight excluding hydrogens is 394 g/mol. The average Bonchev–Trinajstić information content (AvgIpc) is 3.04. The first-order valence-corrected chi connectivity index (χ1v) is 10.8. The summed E-state index contributed by atoms with van der Waals surface area (Å²) in [6.07, 6.45) is 3.55. The average molecular weight is 426 g/mol. The fourth-order valence-electron chi connectivity index (χ4n) is 3.56. The van der Waals surface area contributed by atoms with Crippen LogP contribution < -0.4 is 4.74 Å². The molecule has 30 heavy (non-hydrogen) atoms. The summed E-state index contributed by atoms with van der Waals surface area (Å²) in [7, 11) is 1.67. The van der Waals surface area contributed by atoms with Crippen molar-refractivity contribution in [3.05, 3.63) is 53.6 Å². The van der Waals surface area contributed by atoms with Crippen LogP contribution >= 0.6 is 12.2 Å². The lowest BCUT2D eigenvalue weighted by Gasteiger charge is -2.25. The Hall–Kier alpha value is -2.51. The Morgan fingerprint density at radius 1 is 0.967 bits per heavy atom. The van der Waals surface area contributed by atoms with Gasteiger partial charge in [-0.1, -0.05) is 27.7 Å². The normalized spacial score (nSPS) is 11.6. The van der Waals surface area contributed by atoms with Crippen LogP contribution in [-0.4, -0.2) is 44.4 Å². The van der Waals surface area contributed by atoms with E-state index in [1.165, 1.54) is 0 Å². The van der Waals surface area contributed by atoms with E-state index in [4.69, 9.17) is 22.1 Å². The molecule has 0 amide bonds. The molecule has 0 spiro atoms. The number of hydrogen-bond donors (Lipinski definition) is 0. The number of aromatic nitrogens is 4. The molecule has 0 saturated heterocycles. The molecule has 0 aliphatic rings. The first kappa shape index (κ1) is 22.2. The molecule has 0 aliphatic carbocycles. The number of ether oxygens (including phenoxy) is 1. The van der Waals surface area contributed by atoms with Gasteiger partial charge in [0.25, 0.3) is 0 Å². The van der Waals surface area contributed by atoms with Crippen molar-refractivity contribution >= 4 is 12.2 Å². The fraction of sp³-hybridized carbons (Fsp3) is 0.435. The maximum atomic E-state index is 5.89. The molecule has 2 aromatic heterocycles. The molecule has 0 fully saturated rings. The van der Waals surface area contributed by atoms with Crippen LogP contribution in [0.2, 0.25) is 0 Å². The van der Waals surface area contributed by atoms with E-state index in [1.54, 1.807) is 19.5 Å². The van der Waals surface area contributed by atoms with Crippen LogP contribution in [0.1, 0.15) is 27.7 Å². The lowest BCUT2D eigenvalue weighted by Crippen LogP contribution is -2.33. The molecule has 0 saturated carbocycles. The highest BCUT2D eigenvalue weighted by atomic mass is 32.1. The Bertz CT molecular complexity index is 983. The van der Waals surface area contributed by atoms with Gasteiger partial charge in [-0.2, -0.15) is 0 Å². The quantitative estimate of drug-likeness (QED) is 0.449. The summed E-state index contributed by atoms with van der Waals surface area (Å²) >= 11 is 5.89. The molecule has 1 aromatic carbocycles. The molecule has 160 valence electrons. The molecule has 6 nitrogen and oxygen atoms in total. The summed E-state index contributed by atoms with van der Waals surface area (Å²) in [6.45, 7) is 11.6. The first-order valence-electron chi connectivity index (χ1n) is 10.4. The molecule has 0 atom stereocenters. The Labute approximate surface area is 184 Å². The van der Waals surface area contributed by atoms with Gasteiger partial charge in [-0.25, -0.2) is 4.68 Å². The smallest absolute Gasteiger partial charge is 0.204 e. The maximum absolute atomic E-state index is 5.89. The molecule has 0 unspecified atom stereocenters. The van der Waals surface area contributed by atoms with Gasteiger partial charge < -0.3 is 4.74 Å². The van der Waals surface area contributed by atoms with Crippen LogP contribution in [0.25, 0.3) is 17.1 Å². The third kappa shape index (κ3) is 5.34. The van der Waals surface area contributed by atoms with E-state index in [1.807, 2.05) is 45.6 Å². The number of pyridine rings is 1. The SMILES string of the molecule is COc1ccc(-n2c(-c3ccncc3)nn(CN(CC(C)C)CC(C)C)c2=S)cc1. The van der Waals surface area contributed by atoms with Crippen molar-refractivity contribution in [1.29, 1.82) is 0 Å². The molecule has 3 rings (SSSR count). The van der Waals surface area contributed by atoms with E-state index < -0.39 is 0 Å². The zero-order valence-corrected chi connectivity index (χ0v) is 19.3. The third-order valence-electron chi connectivity index (χ3n) is 4.69. The molecular formula is C23H31N5OS. The standard InChI is InChI=1S/C23H31N5OS/c1-17(2)14-26(15-18(3)4)16-27-23(30)28(20-6-8-21(29-5)9-7-20)22(25-27)19-10-12-24-13-11-19/h6-13,17-18H,14-16H2,1-5H3. The molecule has 0 aliphatic heterocycles. The van der Waals surface area contributed by atoms with Crippen LogP contribution in [-0.2, 0) is 6.67 Å². The minimum absolute atomic E-state index is 0.571. The van der Waals surface area contributed by atoms with E-state index in [-0.39, 0.29) is 0 Å². The van der Waals surface area contributed by atoms with Crippen molar-refractivity contribution in [2.45, 2.75) is 34.4 Å². The molecule has 0 N–H and O–H groups in total. The van der Waals surface area contributed by atoms with Crippen molar-refractivity contribution in [2.24, 2.45) is 11.8 Å². The highest BCUT2D eigenvalue weighted by molar-refractivity contribution is 7.71. The van der Waals surface area contributed by atoms with Gasteiger partial charge in [0.05, 0.1) is 19.5 Å². The second-order valence-corrected chi connectivity index (χ2v) is 8.71. The van der Waals surface area contributed by atoms with Gasteiger partial charge in [0, 0.05) is 31.0 Å². The topological polar surface area (TPSA) is 48.1 Å². The summed E-state index contributed by atoms with van der Waals surface area (Å²) in [4.78, 5) is 6.57. The summed E-state index contributed by atoms with van der Waals surface area (Å²) in [5.74, 6) is 2.76. The van der Waals surface area contributed by atoms with Crippen molar-refractivity contribution < 1.29 is 4.74 Å². The summed E-state index contributed by atoms with van der Waals surface area (Å²) in [5.41, 5.74) is 1.93. The highest BCUT2D eigenvalue weighted by Gasteiger charge is 2.17. The number of benzene rings is 1. The monoisotopic (exact) mass is 425 g/mol. The molecule has 0 bridgehead atoms. The zero-order chi connectivity index (χ0) is 21.7. The van der Waals surface area contributed by atoms with Gasteiger partial charge in [-0.05, 0) is 60.5 Å². The van der Waals surface area contributed by atoms with Gasteiger partial charge in [0.15, 0.2) is 5.82 Å². The molecule has 2 heterocycles. The Balaban J connectivity index is 2.06. The highest BCUT2D eigenvalue weighted by Crippen LogP contribution is 2.24. The second kappa shape index (κ2) is 10.00. The van der Waals surface area contributed by atoms with Crippen LogP contribution in [0.3, 0.4) is 0 Å². The van der Waals surface area contributed by atoms with E-state index in [0.717, 1.165) is 35.9 Å². The number of methoxy groups -OCH3 is 1. The van der Waals surface area contributed by atoms with Crippen molar-refractivity contribution in [3.63, 3.8) is 0 Å².